The van der Waals surface area contributed by atoms with Gasteiger partial charge in [-0.1, -0.05) is 6.92 Å². The lowest BCUT2D eigenvalue weighted by Gasteiger charge is -2.22. The molecule has 1 fully saturated rings. The van der Waals surface area contributed by atoms with E-state index in [0.717, 1.165) is 19.5 Å². The summed E-state index contributed by atoms with van der Waals surface area (Å²) in [4.78, 5) is 5.74. The molecule has 2 rings (SSSR count). The second-order valence-corrected chi connectivity index (χ2v) is 7.46. The van der Waals surface area contributed by atoms with Crippen LogP contribution >= 0.6 is 23.1 Å². The van der Waals surface area contributed by atoms with Gasteiger partial charge in [0.05, 0.1) is 5.01 Å². The first-order valence-electron chi connectivity index (χ1n) is 6.00. The van der Waals surface area contributed by atoms with E-state index in [1.54, 1.807) is 0 Å². The van der Waals surface area contributed by atoms with Gasteiger partial charge in [0.25, 0.3) is 0 Å². The van der Waals surface area contributed by atoms with Crippen LogP contribution < -0.4 is 5.32 Å². The minimum Gasteiger partial charge on any atom is -0.310 e. The molecule has 2 heterocycles. The van der Waals surface area contributed by atoms with Crippen LogP contribution in [0.15, 0.2) is 6.20 Å². The number of thioether (sulfide) groups is 1. The van der Waals surface area contributed by atoms with Crippen LogP contribution in [0, 0.1) is 0 Å². The summed E-state index contributed by atoms with van der Waals surface area (Å²) in [6.45, 7) is 6.64. The summed E-state index contributed by atoms with van der Waals surface area (Å²) in [5, 5.41) is 4.82. The Balaban J connectivity index is 1.75. The van der Waals surface area contributed by atoms with E-state index in [1.165, 1.54) is 28.5 Å². The predicted octanol–water partition coefficient (Wildman–Crippen LogP) is 3.08. The number of aryl methyl sites for hydroxylation is 1. The van der Waals surface area contributed by atoms with Crippen LogP contribution in [0.25, 0.3) is 0 Å². The van der Waals surface area contributed by atoms with E-state index < -0.39 is 0 Å². The van der Waals surface area contributed by atoms with Crippen molar-refractivity contribution in [2.45, 2.75) is 44.4 Å². The van der Waals surface area contributed by atoms with Gasteiger partial charge < -0.3 is 5.32 Å². The van der Waals surface area contributed by atoms with E-state index in [9.17, 15) is 0 Å². The Bertz CT molecular complexity index is 330. The monoisotopic (exact) mass is 256 g/mol. The summed E-state index contributed by atoms with van der Waals surface area (Å²) < 4.78 is 0.471. The number of nitrogens with zero attached hydrogens (tertiary/aromatic N) is 1. The Morgan fingerprint density at radius 3 is 3.06 bits per heavy atom. The van der Waals surface area contributed by atoms with Gasteiger partial charge in [-0.3, -0.25) is 0 Å². The van der Waals surface area contributed by atoms with Crippen molar-refractivity contribution >= 4 is 23.1 Å². The molecule has 1 aliphatic heterocycles. The maximum absolute atomic E-state index is 4.38. The Morgan fingerprint density at radius 2 is 2.44 bits per heavy atom. The van der Waals surface area contributed by atoms with Gasteiger partial charge in [-0.05, 0) is 31.9 Å². The number of thiazole rings is 1. The Morgan fingerprint density at radius 1 is 1.56 bits per heavy atom. The van der Waals surface area contributed by atoms with Gasteiger partial charge in [0.2, 0.25) is 0 Å². The smallest absolute Gasteiger partial charge is 0.0925 e. The summed E-state index contributed by atoms with van der Waals surface area (Å²) in [6, 6.07) is 0. The van der Waals surface area contributed by atoms with Crippen LogP contribution in [0.1, 0.15) is 36.6 Å². The van der Waals surface area contributed by atoms with Crippen LogP contribution in [-0.2, 0) is 13.0 Å². The van der Waals surface area contributed by atoms with Crippen molar-refractivity contribution in [2.24, 2.45) is 0 Å². The number of nitrogens with one attached hydrogen (secondary N) is 1. The molecule has 16 heavy (non-hydrogen) atoms. The van der Waals surface area contributed by atoms with Crippen LogP contribution in [0.4, 0.5) is 0 Å². The molecule has 1 unspecified atom stereocenters. The van der Waals surface area contributed by atoms with Crippen molar-refractivity contribution in [2.75, 3.05) is 12.3 Å². The highest BCUT2D eigenvalue weighted by Gasteiger charge is 2.28. The zero-order chi connectivity index (χ0) is 11.4. The second kappa shape index (κ2) is 5.52. The normalized spacial score (nSPS) is 25.1. The molecule has 0 aromatic carbocycles. The lowest BCUT2D eigenvalue weighted by atomic mass is 10.1. The molecule has 1 aromatic heterocycles. The number of hydrogen-bond acceptors (Lipinski definition) is 4. The van der Waals surface area contributed by atoms with Gasteiger partial charge in [0.15, 0.2) is 0 Å². The topological polar surface area (TPSA) is 24.9 Å². The van der Waals surface area contributed by atoms with E-state index in [4.69, 9.17) is 0 Å². The molecule has 1 aromatic rings. The zero-order valence-corrected chi connectivity index (χ0v) is 11.7. The van der Waals surface area contributed by atoms with Gasteiger partial charge >= 0.3 is 0 Å². The van der Waals surface area contributed by atoms with Crippen LogP contribution in [-0.4, -0.2) is 22.0 Å². The van der Waals surface area contributed by atoms with Crippen molar-refractivity contribution in [1.29, 1.82) is 0 Å². The lowest BCUT2D eigenvalue weighted by molar-refractivity contribution is 0.539. The van der Waals surface area contributed by atoms with Crippen LogP contribution in [0.2, 0.25) is 0 Å². The molecule has 1 atom stereocenters. The SMILES string of the molecule is CCc1ncc(CNCC2(C)CCCS2)s1. The number of rotatable bonds is 5. The number of aromatic nitrogens is 1. The molecule has 4 heteroatoms. The average molecular weight is 256 g/mol. The Labute approximate surface area is 106 Å². The molecule has 0 amide bonds. The van der Waals surface area contributed by atoms with E-state index in [-0.39, 0.29) is 0 Å². The molecule has 0 spiro atoms. The van der Waals surface area contributed by atoms with Gasteiger partial charge in [-0.25, -0.2) is 4.98 Å². The first kappa shape index (κ1) is 12.4. The maximum atomic E-state index is 4.38. The Hall–Kier alpha value is -0.0600. The first-order valence-corrected chi connectivity index (χ1v) is 7.80. The molecule has 1 saturated heterocycles. The molecular weight excluding hydrogens is 236 g/mol. The van der Waals surface area contributed by atoms with E-state index >= 15 is 0 Å². The molecule has 0 aliphatic carbocycles. The predicted molar refractivity (Wildman–Crippen MR) is 73.3 cm³/mol. The standard InChI is InChI=1S/C12H20N2S2/c1-3-11-14-8-10(16-11)7-13-9-12(2)5-4-6-15-12/h8,13H,3-7,9H2,1-2H3. The van der Waals surface area contributed by atoms with Crippen molar-refractivity contribution in [3.8, 4) is 0 Å². The molecule has 1 N–H and O–H groups in total. The van der Waals surface area contributed by atoms with E-state index in [2.05, 4.69) is 35.9 Å². The van der Waals surface area contributed by atoms with E-state index in [1.807, 2.05) is 17.5 Å². The average Bonchev–Trinajstić information content (AvgIpc) is 2.88. The fourth-order valence-electron chi connectivity index (χ4n) is 2.02. The summed E-state index contributed by atoms with van der Waals surface area (Å²) in [5.74, 6) is 1.33. The van der Waals surface area contributed by atoms with Gasteiger partial charge in [-0.15, -0.1) is 11.3 Å². The zero-order valence-electron chi connectivity index (χ0n) is 10.1. The van der Waals surface area contributed by atoms with Crippen molar-refractivity contribution in [1.82, 2.24) is 10.3 Å². The summed E-state index contributed by atoms with van der Waals surface area (Å²) in [7, 11) is 0. The maximum Gasteiger partial charge on any atom is 0.0925 e. The molecule has 0 saturated carbocycles. The third-order valence-electron chi connectivity index (χ3n) is 3.00. The first-order chi connectivity index (χ1) is 7.72. The second-order valence-electron chi connectivity index (χ2n) is 4.58. The molecule has 0 radical (unpaired) electrons. The fourth-order valence-corrected chi connectivity index (χ4v) is 4.13. The minimum absolute atomic E-state index is 0.471. The minimum atomic E-state index is 0.471. The Kier molecular flexibility index (Phi) is 4.27. The lowest BCUT2D eigenvalue weighted by Crippen LogP contribution is -2.32. The molecule has 1 aliphatic rings. The summed E-state index contributed by atoms with van der Waals surface area (Å²) >= 11 is 3.95. The molecule has 0 bridgehead atoms. The van der Waals surface area contributed by atoms with Gasteiger partial charge in [0, 0.05) is 28.9 Å². The fraction of sp³-hybridized carbons (Fsp3) is 0.750. The summed E-state index contributed by atoms with van der Waals surface area (Å²) in [5.41, 5.74) is 0. The highest BCUT2D eigenvalue weighted by molar-refractivity contribution is 8.00. The van der Waals surface area contributed by atoms with E-state index in [0.29, 0.717) is 4.75 Å². The van der Waals surface area contributed by atoms with Crippen molar-refractivity contribution in [3.63, 3.8) is 0 Å². The number of hydrogen-bond donors (Lipinski definition) is 1. The van der Waals surface area contributed by atoms with Crippen LogP contribution in [0.3, 0.4) is 0 Å². The van der Waals surface area contributed by atoms with Crippen molar-refractivity contribution < 1.29 is 0 Å². The third-order valence-corrected chi connectivity index (χ3v) is 5.68. The third kappa shape index (κ3) is 3.22. The quantitative estimate of drug-likeness (QED) is 0.876. The largest absolute Gasteiger partial charge is 0.310 e. The molecule has 90 valence electrons. The molecule has 2 nitrogen and oxygen atoms in total. The van der Waals surface area contributed by atoms with Gasteiger partial charge in [-0.2, -0.15) is 11.8 Å². The molecular formula is C12H20N2S2. The van der Waals surface area contributed by atoms with Gasteiger partial charge in [0.1, 0.15) is 0 Å². The van der Waals surface area contributed by atoms with Crippen molar-refractivity contribution in [3.05, 3.63) is 16.1 Å². The van der Waals surface area contributed by atoms with Crippen LogP contribution in [0.5, 0.6) is 0 Å². The highest BCUT2D eigenvalue weighted by Crippen LogP contribution is 2.37. The highest BCUT2D eigenvalue weighted by atomic mass is 32.2. The summed E-state index contributed by atoms with van der Waals surface area (Å²) in [6.07, 6.45) is 5.80.